The van der Waals surface area contributed by atoms with E-state index in [0.717, 1.165) is 17.8 Å². The molecule has 2 heteroatoms. The van der Waals surface area contributed by atoms with Crippen molar-refractivity contribution in [3.05, 3.63) is 162 Å². The molecule has 0 radical (unpaired) electrons. The van der Waals surface area contributed by atoms with Crippen LogP contribution in [0.25, 0.3) is 31.3 Å². The van der Waals surface area contributed by atoms with Crippen molar-refractivity contribution in [1.82, 2.24) is 0 Å². The lowest BCUT2D eigenvalue weighted by atomic mass is 9.48. The number of thiophene rings is 1. The van der Waals surface area contributed by atoms with Crippen LogP contribution in [0.5, 0.6) is 0 Å². The van der Waals surface area contributed by atoms with E-state index >= 15 is 0 Å². The van der Waals surface area contributed by atoms with Crippen molar-refractivity contribution >= 4 is 48.6 Å². The molecule has 0 atom stereocenters. The Morgan fingerprint density at radius 3 is 1.66 bits per heavy atom. The number of fused-ring (bicyclic) bond motifs is 3. The predicted octanol–water partition coefficient (Wildman–Crippen LogP) is 15.7. The van der Waals surface area contributed by atoms with Crippen LogP contribution in [0, 0.1) is 17.8 Å². The molecule has 5 saturated carbocycles. The molecule has 6 aromatic carbocycles. The molecule has 4 bridgehead atoms. The molecule has 5 fully saturated rings. The van der Waals surface area contributed by atoms with Crippen molar-refractivity contribution in [2.75, 3.05) is 4.90 Å². The van der Waals surface area contributed by atoms with Crippen LogP contribution in [0.4, 0.5) is 17.1 Å². The zero-order chi connectivity index (χ0) is 37.1. The normalized spacial score (nSPS) is 24.2. The summed E-state index contributed by atoms with van der Waals surface area (Å²) < 4.78 is 2.69. The van der Waals surface area contributed by atoms with Gasteiger partial charge in [0.2, 0.25) is 0 Å². The minimum Gasteiger partial charge on any atom is -0.310 e. The summed E-state index contributed by atoms with van der Waals surface area (Å²) in [5.41, 5.74) is 11.3. The molecule has 7 aromatic rings. The van der Waals surface area contributed by atoms with E-state index in [1.54, 1.807) is 5.56 Å². The Morgan fingerprint density at radius 2 is 1.02 bits per heavy atom. The number of benzene rings is 6. The highest BCUT2D eigenvalue weighted by atomic mass is 32.1. The molecule has 0 amide bonds. The molecule has 280 valence electrons. The van der Waals surface area contributed by atoms with Gasteiger partial charge >= 0.3 is 0 Å². The highest BCUT2D eigenvalue weighted by Gasteiger charge is 2.51. The number of hydrogen-bond acceptors (Lipinski definition) is 2. The predicted molar refractivity (Wildman–Crippen MR) is 239 cm³/mol. The second-order valence-electron chi connectivity index (χ2n) is 18.2. The maximum atomic E-state index is 2.53. The first-order valence-electron chi connectivity index (χ1n) is 21.7. The fraction of sp³-hybridized carbons (Fsp3) is 0.333. The molecule has 12 rings (SSSR count). The van der Waals surface area contributed by atoms with Gasteiger partial charge in [-0.2, -0.15) is 0 Å². The Labute approximate surface area is 337 Å². The Morgan fingerprint density at radius 1 is 0.464 bits per heavy atom. The number of anilines is 3. The summed E-state index contributed by atoms with van der Waals surface area (Å²) in [5.74, 6) is 2.84. The second-order valence-corrected chi connectivity index (χ2v) is 19.3. The van der Waals surface area contributed by atoms with Crippen LogP contribution in [0.15, 0.2) is 146 Å². The first-order valence-corrected chi connectivity index (χ1v) is 22.5. The maximum Gasteiger partial charge on any atom is 0.0476 e. The SMILES string of the molecule is c1ccc(-c2cccc3sc4cc(N(c5ccc(C67CC8CC(CC(C8)C6)C7)cc5)c5ccc(C6(c7ccccc7)CCCCCCC6)cc5)ccc4c23)cc1. The monoisotopic (exact) mass is 747 g/mol. The standard InChI is InChI=1S/C54H53NS/c1-2-10-29-54(30-11-3-1,43-15-8-5-9-16-43)44-21-25-46(26-22-44)55(45-23-19-42(20-24-45)53-35-38-31-39(36-53)33-40(32-38)37-53)47-27-28-49-51(34-47)56-50-18-12-17-48(52(49)50)41-13-6-4-7-14-41/h4-9,12-28,34,38-40H,1-3,10-11,29-33,35-37H2. The number of hydrogen-bond donors (Lipinski definition) is 0. The van der Waals surface area contributed by atoms with Gasteiger partial charge in [-0.3, -0.25) is 0 Å². The quantitative estimate of drug-likeness (QED) is 0.157. The van der Waals surface area contributed by atoms with Gasteiger partial charge in [-0.15, -0.1) is 11.3 Å². The van der Waals surface area contributed by atoms with Crippen molar-refractivity contribution in [3.63, 3.8) is 0 Å². The van der Waals surface area contributed by atoms with Crippen molar-refractivity contribution in [2.24, 2.45) is 17.8 Å². The van der Waals surface area contributed by atoms with Crippen LogP contribution >= 0.6 is 11.3 Å². The van der Waals surface area contributed by atoms with E-state index in [4.69, 9.17) is 0 Å². The van der Waals surface area contributed by atoms with Gasteiger partial charge in [0.1, 0.15) is 0 Å². The lowest BCUT2D eigenvalue weighted by Crippen LogP contribution is -2.48. The van der Waals surface area contributed by atoms with Gasteiger partial charge in [-0.25, -0.2) is 0 Å². The Kier molecular flexibility index (Phi) is 8.69. The molecule has 1 heterocycles. The van der Waals surface area contributed by atoms with E-state index in [2.05, 4.69) is 150 Å². The molecule has 0 spiro atoms. The molecule has 0 saturated heterocycles. The van der Waals surface area contributed by atoms with Crippen LogP contribution < -0.4 is 4.90 Å². The highest BCUT2D eigenvalue weighted by Crippen LogP contribution is 2.61. The van der Waals surface area contributed by atoms with Crippen molar-refractivity contribution in [2.45, 2.75) is 94.3 Å². The lowest BCUT2D eigenvalue weighted by molar-refractivity contribution is -0.00518. The molecule has 0 N–H and O–H groups in total. The molecular formula is C54H53NS. The third-order valence-corrected chi connectivity index (χ3v) is 15.9. The third kappa shape index (κ3) is 5.94. The first-order chi connectivity index (χ1) is 27.6. The van der Waals surface area contributed by atoms with Gasteiger partial charge < -0.3 is 4.90 Å². The minimum absolute atomic E-state index is 0.0665. The van der Waals surface area contributed by atoms with Gasteiger partial charge in [-0.1, -0.05) is 135 Å². The van der Waals surface area contributed by atoms with Crippen molar-refractivity contribution in [1.29, 1.82) is 0 Å². The van der Waals surface area contributed by atoms with Gasteiger partial charge in [0.15, 0.2) is 0 Å². The van der Waals surface area contributed by atoms with Crippen LogP contribution in [-0.2, 0) is 10.8 Å². The molecule has 0 aliphatic heterocycles. The summed E-state index contributed by atoms with van der Waals surface area (Å²) in [6.45, 7) is 0. The Hall–Kier alpha value is -4.66. The molecule has 0 unspecified atom stereocenters. The second kappa shape index (κ2) is 14.1. The minimum atomic E-state index is 0.0665. The highest BCUT2D eigenvalue weighted by molar-refractivity contribution is 7.26. The van der Waals surface area contributed by atoms with Crippen LogP contribution in [0.2, 0.25) is 0 Å². The van der Waals surface area contributed by atoms with Crippen LogP contribution in [0.3, 0.4) is 0 Å². The summed E-state index contributed by atoms with van der Waals surface area (Å²) in [7, 11) is 0. The van der Waals surface area contributed by atoms with E-state index in [1.165, 1.54) is 143 Å². The summed E-state index contributed by atoms with van der Waals surface area (Å²) >= 11 is 1.92. The smallest absolute Gasteiger partial charge is 0.0476 e. The van der Waals surface area contributed by atoms with E-state index in [-0.39, 0.29) is 5.41 Å². The van der Waals surface area contributed by atoms with E-state index in [1.807, 2.05) is 11.3 Å². The summed E-state index contributed by atoms with van der Waals surface area (Å²) in [6, 6.07) is 56.1. The largest absolute Gasteiger partial charge is 0.310 e. The number of nitrogens with zero attached hydrogens (tertiary/aromatic N) is 1. The van der Waals surface area contributed by atoms with Gasteiger partial charge in [0, 0.05) is 42.6 Å². The van der Waals surface area contributed by atoms with Crippen molar-refractivity contribution in [3.8, 4) is 11.1 Å². The van der Waals surface area contributed by atoms with E-state index in [0.29, 0.717) is 5.41 Å². The fourth-order valence-electron chi connectivity index (χ4n) is 12.6. The first kappa shape index (κ1) is 34.6. The zero-order valence-corrected chi connectivity index (χ0v) is 33.5. The molecule has 1 aromatic heterocycles. The molecule has 5 aliphatic rings. The Balaban J connectivity index is 1.02. The molecule has 5 aliphatic carbocycles. The zero-order valence-electron chi connectivity index (χ0n) is 32.6. The summed E-state index contributed by atoms with van der Waals surface area (Å²) in [4.78, 5) is 2.53. The molecular weight excluding hydrogens is 695 g/mol. The van der Waals surface area contributed by atoms with E-state index < -0.39 is 0 Å². The summed E-state index contributed by atoms with van der Waals surface area (Å²) in [6.07, 6.45) is 17.7. The van der Waals surface area contributed by atoms with Gasteiger partial charge in [0.25, 0.3) is 0 Å². The maximum absolute atomic E-state index is 2.53. The number of rotatable bonds is 7. The van der Waals surface area contributed by atoms with Gasteiger partial charge in [0.05, 0.1) is 0 Å². The molecule has 56 heavy (non-hydrogen) atoms. The fourth-order valence-corrected chi connectivity index (χ4v) is 13.8. The Bertz CT molecular complexity index is 2430. The van der Waals surface area contributed by atoms with Crippen LogP contribution in [0.1, 0.15) is 100 Å². The topological polar surface area (TPSA) is 3.24 Å². The average molecular weight is 748 g/mol. The van der Waals surface area contributed by atoms with Crippen LogP contribution in [-0.4, -0.2) is 0 Å². The van der Waals surface area contributed by atoms with Crippen molar-refractivity contribution < 1.29 is 0 Å². The average Bonchev–Trinajstić information content (AvgIpc) is 3.60. The van der Waals surface area contributed by atoms with E-state index in [9.17, 15) is 0 Å². The third-order valence-electron chi connectivity index (χ3n) is 14.8. The molecule has 1 nitrogen and oxygen atoms in total. The summed E-state index contributed by atoms with van der Waals surface area (Å²) in [5, 5.41) is 2.71. The van der Waals surface area contributed by atoms with Gasteiger partial charge in [-0.05, 0) is 145 Å². The lowest BCUT2D eigenvalue weighted by Gasteiger charge is -2.57.